The maximum Gasteiger partial charge on any atom is 0.251 e. The Labute approximate surface area is 170 Å². The van der Waals surface area contributed by atoms with E-state index in [1.165, 1.54) is 0 Å². The van der Waals surface area contributed by atoms with Crippen molar-refractivity contribution in [1.82, 2.24) is 14.7 Å². The molecular formula is C22H27N3O4. The van der Waals surface area contributed by atoms with Crippen LogP contribution in [-0.2, 0) is 6.54 Å². The molecule has 1 aromatic carbocycles. The number of amides is 1. The van der Waals surface area contributed by atoms with Gasteiger partial charge in [0.25, 0.3) is 5.91 Å². The van der Waals surface area contributed by atoms with E-state index in [2.05, 4.69) is 10.3 Å². The quantitative estimate of drug-likeness (QED) is 0.595. The molecule has 0 fully saturated rings. The summed E-state index contributed by atoms with van der Waals surface area (Å²) < 4.78 is 19.1. The van der Waals surface area contributed by atoms with Gasteiger partial charge in [0.05, 0.1) is 37.8 Å². The highest BCUT2D eigenvalue weighted by Gasteiger charge is 2.19. The van der Waals surface area contributed by atoms with E-state index in [1.807, 2.05) is 56.5 Å². The SMILES string of the molecule is CCOc1cc(C(=O)NCc2c(C)nc3ccccn23)cc(OCC)c1OCC. The van der Waals surface area contributed by atoms with Crippen molar-refractivity contribution in [3.8, 4) is 17.2 Å². The zero-order chi connectivity index (χ0) is 20.8. The monoisotopic (exact) mass is 397 g/mol. The normalized spacial score (nSPS) is 10.8. The van der Waals surface area contributed by atoms with Gasteiger partial charge < -0.3 is 23.9 Å². The number of imidazole rings is 1. The van der Waals surface area contributed by atoms with E-state index in [1.54, 1.807) is 12.1 Å². The van der Waals surface area contributed by atoms with E-state index >= 15 is 0 Å². The molecule has 0 spiro atoms. The molecule has 7 nitrogen and oxygen atoms in total. The summed E-state index contributed by atoms with van der Waals surface area (Å²) >= 11 is 0. The number of hydrogen-bond acceptors (Lipinski definition) is 5. The van der Waals surface area contributed by atoms with E-state index < -0.39 is 0 Å². The van der Waals surface area contributed by atoms with Crippen LogP contribution in [0.5, 0.6) is 17.2 Å². The van der Waals surface area contributed by atoms with Gasteiger partial charge in [0.2, 0.25) is 5.75 Å². The topological polar surface area (TPSA) is 74.1 Å². The molecule has 0 aliphatic heterocycles. The van der Waals surface area contributed by atoms with Gasteiger partial charge in [0, 0.05) is 11.8 Å². The molecular weight excluding hydrogens is 370 g/mol. The number of aromatic nitrogens is 2. The molecule has 0 radical (unpaired) electrons. The molecule has 2 heterocycles. The maximum absolute atomic E-state index is 12.9. The Kier molecular flexibility index (Phi) is 6.59. The van der Waals surface area contributed by atoms with E-state index in [9.17, 15) is 4.79 Å². The summed E-state index contributed by atoms with van der Waals surface area (Å²) in [7, 11) is 0. The number of carbonyl (C=O) groups excluding carboxylic acids is 1. The average molecular weight is 397 g/mol. The van der Waals surface area contributed by atoms with E-state index in [0.29, 0.717) is 49.2 Å². The first-order valence-electron chi connectivity index (χ1n) is 9.86. The predicted molar refractivity (Wildman–Crippen MR) is 111 cm³/mol. The summed E-state index contributed by atoms with van der Waals surface area (Å²) in [6.07, 6.45) is 1.94. The van der Waals surface area contributed by atoms with Crippen LogP contribution in [-0.4, -0.2) is 35.1 Å². The number of aryl methyl sites for hydroxylation is 1. The number of nitrogens with zero attached hydrogens (tertiary/aromatic N) is 2. The Morgan fingerprint density at radius 3 is 2.31 bits per heavy atom. The number of benzene rings is 1. The molecule has 0 atom stereocenters. The lowest BCUT2D eigenvalue weighted by molar-refractivity contribution is 0.0949. The molecule has 7 heteroatoms. The Morgan fingerprint density at radius 1 is 1.03 bits per heavy atom. The number of ether oxygens (including phenoxy) is 3. The third-order valence-corrected chi connectivity index (χ3v) is 4.42. The highest BCUT2D eigenvalue weighted by atomic mass is 16.5. The lowest BCUT2D eigenvalue weighted by Gasteiger charge is -2.17. The fourth-order valence-corrected chi connectivity index (χ4v) is 3.16. The van der Waals surface area contributed by atoms with Crippen LogP contribution in [0.1, 0.15) is 42.5 Å². The van der Waals surface area contributed by atoms with Crippen molar-refractivity contribution in [2.75, 3.05) is 19.8 Å². The van der Waals surface area contributed by atoms with E-state index in [0.717, 1.165) is 17.0 Å². The first-order valence-corrected chi connectivity index (χ1v) is 9.86. The molecule has 0 saturated carbocycles. The van der Waals surface area contributed by atoms with Gasteiger partial charge in [-0.15, -0.1) is 0 Å². The van der Waals surface area contributed by atoms with Crippen molar-refractivity contribution >= 4 is 11.6 Å². The Hall–Kier alpha value is -3.22. The third kappa shape index (κ3) is 4.45. The van der Waals surface area contributed by atoms with Gasteiger partial charge in [-0.3, -0.25) is 4.79 Å². The molecule has 1 N–H and O–H groups in total. The molecule has 0 bridgehead atoms. The fourth-order valence-electron chi connectivity index (χ4n) is 3.16. The molecule has 3 rings (SSSR count). The summed E-state index contributed by atoms with van der Waals surface area (Å²) in [5.41, 5.74) is 3.13. The number of fused-ring (bicyclic) bond motifs is 1. The molecule has 0 unspecified atom stereocenters. The van der Waals surface area contributed by atoms with Gasteiger partial charge in [-0.1, -0.05) is 6.07 Å². The highest BCUT2D eigenvalue weighted by molar-refractivity contribution is 5.95. The van der Waals surface area contributed by atoms with Gasteiger partial charge in [0.1, 0.15) is 5.65 Å². The van der Waals surface area contributed by atoms with E-state index in [4.69, 9.17) is 14.2 Å². The van der Waals surface area contributed by atoms with Gasteiger partial charge >= 0.3 is 0 Å². The molecule has 2 aromatic heterocycles. The van der Waals surface area contributed by atoms with Gasteiger partial charge in [-0.2, -0.15) is 0 Å². The zero-order valence-corrected chi connectivity index (χ0v) is 17.3. The second-order valence-electron chi connectivity index (χ2n) is 6.36. The zero-order valence-electron chi connectivity index (χ0n) is 17.3. The molecule has 0 aliphatic carbocycles. The third-order valence-electron chi connectivity index (χ3n) is 4.42. The minimum Gasteiger partial charge on any atom is -0.490 e. The number of pyridine rings is 1. The lowest BCUT2D eigenvalue weighted by Crippen LogP contribution is -2.24. The van der Waals surface area contributed by atoms with Crippen molar-refractivity contribution in [2.24, 2.45) is 0 Å². The lowest BCUT2D eigenvalue weighted by atomic mass is 10.1. The second-order valence-corrected chi connectivity index (χ2v) is 6.36. The maximum atomic E-state index is 12.9. The smallest absolute Gasteiger partial charge is 0.251 e. The van der Waals surface area contributed by atoms with Crippen LogP contribution in [0.15, 0.2) is 36.5 Å². The van der Waals surface area contributed by atoms with Crippen LogP contribution >= 0.6 is 0 Å². The summed E-state index contributed by atoms with van der Waals surface area (Å²) in [5.74, 6) is 1.29. The van der Waals surface area contributed by atoms with Crippen LogP contribution in [0.25, 0.3) is 5.65 Å². The summed E-state index contributed by atoms with van der Waals surface area (Å²) in [4.78, 5) is 17.4. The summed E-state index contributed by atoms with van der Waals surface area (Å²) in [6.45, 7) is 9.34. The van der Waals surface area contributed by atoms with Crippen molar-refractivity contribution in [1.29, 1.82) is 0 Å². The van der Waals surface area contributed by atoms with Crippen LogP contribution < -0.4 is 19.5 Å². The number of carbonyl (C=O) groups is 1. The van der Waals surface area contributed by atoms with Crippen molar-refractivity contribution in [2.45, 2.75) is 34.2 Å². The number of hydrogen-bond donors (Lipinski definition) is 1. The van der Waals surface area contributed by atoms with Gasteiger partial charge in [-0.05, 0) is 52.0 Å². The van der Waals surface area contributed by atoms with Crippen molar-refractivity contribution < 1.29 is 19.0 Å². The summed E-state index contributed by atoms with van der Waals surface area (Å²) in [6, 6.07) is 9.19. The summed E-state index contributed by atoms with van der Waals surface area (Å²) in [5, 5.41) is 2.97. The highest BCUT2D eigenvalue weighted by Crippen LogP contribution is 2.39. The van der Waals surface area contributed by atoms with Crippen LogP contribution in [0.4, 0.5) is 0 Å². The van der Waals surface area contributed by atoms with Crippen molar-refractivity contribution in [3.05, 3.63) is 53.5 Å². The molecule has 1 amide bonds. The second kappa shape index (κ2) is 9.32. The molecule has 0 aliphatic rings. The molecule has 29 heavy (non-hydrogen) atoms. The molecule has 154 valence electrons. The number of nitrogens with one attached hydrogen (secondary N) is 1. The first kappa shape index (κ1) is 20.5. The average Bonchev–Trinajstić information content (AvgIpc) is 3.03. The minimum absolute atomic E-state index is 0.222. The Balaban J connectivity index is 1.86. The van der Waals surface area contributed by atoms with Crippen LogP contribution in [0.3, 0.4) is 0 Å². The molecule has 3 aromatic rings. The van der Waals surface area contributed by atoms with Crippen LogP contribution in [0, 0.1) is 6.92 Å². The van der Waals surface area contributed by atoms with Gasteiger partial charge in [-0.25, -0.2) is 4.98 Å². The fraction of sp³-hybridized carbons (Fsp3) is 0.364. The minimum atomic E-state index is -0.222. The van der Waals surface area contributed by atoms with Gasteiger partial charge in [0.15, 0.2) is 11.5 Å². The Bertz CT molecular complexity index is 970. The van der Waals surface area contributed by atoms with Crippen molar-refractivity contribution in [3.63, 3.8) is 0 Å². The predicted octanol–water partition coefficient (Wildman–Crippen LogP) is 3.77. The largest absolute Gasteiger partial charge is 0.490 e. The first-order chi connectivity index (χ1) is 14.1. The van der Waals surface area contributed by atoms with Crippen LogP contribution in [0.2, 0.25) is 0 Å². The molecule has 0 saturated heterocycles. The Morgan fingerprint density at radius 2 is 1.69 bits per heavy atom. The number of rotatable bonds is 9. The van der Waals surface area contributed by atoms with E-state index in [-0.39, 0.29) is 5.91 Å². The standard InChI is InChI=1S/C22H27N3O4/c1-5-27-18-12-16(13-19(28-6-2)21(18)29-7-3)22(26)23-14-17-15(4)24-20-10-8-9-11-25(17)20/h8-13H,5-7,14H2,1-4H3,(H,23,26).